The number of H-pyrrole nitrogens is 2. The topological polar surface area (TPSA) is 82.6 Å². The van der Waals surface area contributed by atoms with E-state index in [9.17, 15) is 0 Å². The normalized spacial score (nSPS) is 28.1. The number of hydrogen-bond donors (Lipinski definition) is 3. The van der Waals surface area contributed by atoms with Crippen LogP contribution in [0.15, 0.2) is 70.9 Å². The van der Waals surface area contributed by atoms with Crippen molar-refractivity contribution in [2.24, 2.45) is 0 Å². The fourth-order valence-corrected chi connectivity index (χ4v) is 8.86. The van der Waals surface area contributed by atoms with Crippen LogP contribution in [0.4, 0.5) is 5.82 Å². The van der Waals surface area contributed by atoms with E-state index in [1.165, 1.54) is 37.0 Å². The minimum absolute atomic E-state index is 0.0956. The van der Waals surface area contributed by atoms with Crippen LogP contribution in [0.3, 0.4) is 0 Å². The summed E-state index contributed by atoms with van der Waals surface area (Å²) < 4.78 is 6.49. The molecule has 4 aromatic rings. The van der Waals surface area contributed by atoms with Crippen LogP contribution in [-0.2, 0) is 11.3 Å². The second-order valence-electron chi connectivity index (χ2n) is 11.9. The Hall–Kier alpha value is -2.89. The van der Waals surface area contributed by atoms with E-state index >= 15 is 0 Å². The molecule has 0 bridgehead atoms. The number of aromatic amines is 2. The summed E-state index contributed by atoms with van der Waals surface area (Å²) in [6.07, 6.45) is 14.0. The first-order chi connectivity index (χ1) is 20.8. The van der Waals surface area contributed by atoms with Crippen molar-refractivity contribution >= 4 is 17.2 Å². The zero-order valence-electron chi connectivity index (χ0n) is 24.7. The van der Waals surface area contributed by atoms with E-state index in [4.69, 9.17) is 4.42 Å². The predicted molar refractivity (Wildman–Crippen MR) is 167 cm³/mol. The number of piperazine rings is 1. The van der Waals surface area contributed by atoms with Gasteiger partial charge in [0.25, 0.3) is 0 Å². The van der Waals surface area contributed by atoms with Crippen LogP contribution in [-0.4, -0.2) is 69.4 Å². The monoisotopic (exact) mass is 588 g/mol. The summed E-state index contributed by atoms with van der Waals surface area (Å²) in [4.78, 5) is 10.4. The molecule has 3 unspecified atom stereocenters. The van der Waals surface area contributed by atoms with Crippen molar-refractivity contribution in [2.45, 2.75) is 69.2 Å². The number of hydrazine groups is 1. The highest BCUT2D eigenvalue weighted by Crippen LogP contribution is 2.64. The molecule has 0 amide bonds. The lowest BCUT2D eigenvalue weighted by Crippen LogP contribution is -2.71. The van der Waals surface area contributed by atoms with Gasteiger partial charge in [-0.3, -0.25) is 10.00 Å². The lowest BCUT2D eigenvalue weighted by molar-refractivity contribution is -0.220. The number of thiophene rings is 1. The number of unbranched alkanes of at least 4 members (excludes halogenated alkanes) is 2. The summed E-state index contributed by atoms with van der Waals surface area (Å²) in [6.45, 7) is 8.09. The van der Waals surface area contributed by atoms with E-state index in [1.807, 2.05) is 23.8 Å². The molecule has 9 nitrogen and oxygen atoms in total. The van der Waals surface area contributed by atoms with Crippen LogP contribution in [0, 0.1) is 0 Å². The summed E-state index contributed by atoms with van der Waals surface area (Å²) in [7, 11) is 0. The number of rotatable bonds is 10. The third-order valence-corrected chi connectivity index (χ3v) is 10.6. The molecule has 7 heterocycles. The molecule has 7 rings (SSSR count). The number of piperidine rings is 1. The maximum absolute atomic E-state index is 6.49. The Morgan fingerprint density at radius 2 is 1.88 bits per heavy atom. The Morgan fingerprint density at radius 3 is 2.55 bits per heavy atom. The van der Waals surface area contributed by atoms with Gasteiger partial charge in [0, 0.05) is 56.5 Å². The molecule has 0 saturated carbocycles. The van der Waals surface area contributed by atoms with E-state index in [1.54, 1.807) is 0 Å². The third kappa shape index (κ3) is 4.38. The summed E-state index contributed by atoms with van der Waals surface area (Å²) in [5.41, 5.74) is 0.703. The van der Waals surface area contributed by atoms with E-state index in [0.29, 0.717) is 0 Å². The largest absolute Gasteiger partial charge is 0.467 e. The van der Waals surface area contributed by atoms with Crippen molar-refractivity contribution in [3.05, 3.63) is 82.8 Å². The maximum atomic E-state index is 6.49. The van der Waals surface area contributed by atoms with E-state index in [0.717, 1.165) is 69.4 Å². The molecule has 0 radical (unpaired) electrons. The molecule has 3 aliphatic heterocycles. The van der Waals surface area contributed by atoms with Gasteiger partial charge in [0.05, 0.1) is 12.0 Å². The number of anilines is 1. The van der Waals surface area contributed by atoms with Gasteiger partial charge in [-0.05, 0) is 61.0 Å². The second kappa shape index (κ2) is 12.0. The Bertz CT molecular complexity index is 1350. The molecule has 3 fully saturated rings. The molecule has 3 N–H and O–H groups in total. The Morgan fingerprint density at radius 1 is 1.00 bits per heavy atom. The minimum atomic E-state index is -0.672. The molecule has 4 aromatic heterocycles. The van der Waals surface area contributed by atoms with Crippen LogP contribution >= 0.6 is 11.3 Å². The van der Waals surface area contributed by atoms with E-state index in [-0.39, 0.29) is 11.6 Å². The molecule has 3 saturated heterocycles. The SMILES string of the molecule is CCCCCC1(c2cccs2)C(c2ccco2)N(c2ccc[nH]2)C(c2ccn[nH]2)(N2CCNCC2)N1N1CCCCC1. The highest BCUT2D eigenvalue weighted by Gasteiger charge is 2.72. The number of aromatic nitrogens is 3. The number of furan rings is 1. The Balaban J connectivity index is 1.60. The number of nitrogens with one attached hydrogen (secondary N) is 3. The van der Waals surface area contributed by atoms with Crippen molar-refractivity contribution in [1.82, 2.24) is 35.4 Å². The Kier molecular flexibility index (Phi) is 7.98. The third-order valence-electron chi connectivity index (χ3n) is 9.52. The molecule has 42 heavy (non-hydrogen) atoms. The van der Waals surface area contributed by atoms with Crippen molar-refractivity contribution in [3.8, 4) is 0 Å². The van der Waals surface area contributed by atoms with Crippen LogP contribution in [0.25, 0.3) is 0 Å². The zero-order chi connectivity index (χ0) is 28.4. The van der Waals surface area contributed by atoms with Gasteiger partial charge < -0.3 is 19.6 Å². The first-order valence-corrected chi connectivity index (χ1v) is 16.7. The van der Waals surface area contributed by atoms with Crippen molar-refractivity contribution < 1.29 is 4.42 Å². The second-order valence-corrected chi connectivity index (χ2v) is 12.8. The first-order valence-electron chi connectivity index (χ1n) is 15.8. The number of nitrogens with zero attached hydrogens (tertiary/aromatic N) is 5. The average Bonchev–Trinajstić information content (AvgIpc) is 3.87. The van der Waals surface area contributed by atoms with Gasteiger partial charge in [-0.2, -0.15) is 10.1 Å². The summed E-state index contributed by atoms with van der Waals surface area (Å²) in [5, 5.41) is 19.6. The molecule has 224 valence electrons. The van der Waals surface area contributed by atoms with E-state index in [2.05, 4.69) is 101 Å². The van der Waals surface area contributed by atoms with Crippen LogP contribution < -0.4 is 10.2 Å². The average molecular weight is 589 g/mol. The van der Waals surface area contributed by atoms with Crippen molar-refractivity contribution in [2.75, 3.05) is 44.2 Å². The molecule has 0 aliphatic carbocycles. The van der Waals surface area contributed by atoms with Crippen LogP contribution in [0.1, 0.15) is 74.2 Å². The van der Waals surface area contributed by atoms with Gasteiger partial charge in [-0.25, -0.2) is 5.01 Å². The Labute approximate surface area is 252 Å². The molecule has 0 spiro atoms. The van der Waals surface area contributed by atoms with Crippen LogP contribution in [0.2, 0.25) is 0 Å². The van der Waals surface area contributed by atoms with Crippen molar-refractivity contribution in [3.63, 3.8) is 0 Å². The van der Waals surface area contributed by atoms with E-state index < -0.39 is 5.79 Å². The summed E-state index contributed by atoms with van der Waals surface area (Å²) in [6, 6.07) is 15.3. The minimum Gasteiger partial charge on any atom is -0.467 e. The molecular formula is C32H44N8OS. The molecule has 0 aromatic carbocycles. The molecule has 3 aliphatic rings. The van der Waals surface area contributed by atoms with Gasteiger partial charge in [0.2, 0.25) is 5.79 Å². The summed E-state index contributed by atoms with van der Waals surface area (Å²) in [5.74, 6) is 1.41. The van der Waals surface area contributed by atoms with Gasteiger partial charge >= 0.3 is 0 Å². The highest BCUT2D eigenvalue weighted by molar-refractivity contribution is 7.10. The quantitative estimate of drug-likeness (QED) is 0.201. The molecule has 3 atom stereocenters. The van der Waals surface area contributed by atoms with Crippen LogP contribution in [0.5, 0.6) is 0 Å². The zero-order valence-corrected chi connectivity index (χ0v) is 25.5. The predicted octanol–water partition coefficient (Wildman–Crippen LogP) is 5.85. The fraction of sp³-hybridized carbons (Fsp3) is 0.531. The maximum Gasteiger partial charge on any atom is 0.211 e. The fourth-order valence-electron chi connectivity index (χ4n) is 7.90. The molecule has 10 heteroatoms. The van der Waals surface area contributed by atoms with Gasteiger partial charge in [0.1, 0.15) is 23.2 Å². The van der Waals surface area contributed by atoms with Gasteiger partial charge in [-0.1, -0.05) is 38.7 Å². The lowest BCUT2D eigenvalue weighted by atomic mass is 9.81. The first kappa shape index (κ1) is 27.9. The number of hydrogen-bond acceptors (Lipinski definition) is 8. The smallest absolute Gasteiger partial charge is 0.211 e. The standard InChI is InChI=1S/C32H44N8OS/c1-2-3-5-15-31(28-12-10-25-42-28)30(26-11-9-24-41-26)39(29-13-8-16-34-29)32(27-14-17-35-36-27,37-22-18-33-19-23-37)40(31)38-20-6-4-7-21-38/h8-14,16-17,24-25,30,33-34H,2-7,15,18-23H2,1H3,(H,35,36). The summed E-state index contributed by atoms with van der Waals surface area (Å²) >= 11 is 1.89. The lowest BCUT2D eigenvalue weighted by Gasteiger charge is -2.57. The van der Waals surface area contributed by atoms with Gasteiger partial charge in [-0.15, -0.1) is 11.3 Å². The van der Waals surface area contributed by atoms with Gasteiger partial charge in [0.15, 0.2) is 0 Å². The van der Waals surface area contributed by atoms with Crippen molar-refractivity contribution in [1.29, 1.82) is 0 Å². The highest BCUT2D eigenvalue weighted by atomic mass is 32.1. The molecular weight excluding hydrogens is 544 g/mol.